The number of amides is 1. The molecule has 144 valence electrons. The second-order valence-electron chi connectivity index (χ2n) is 6.10. The van der Waals surface area contributed by atoms with Crippen LogP contribution in [0.15, 0.2) is 0 Å². The van der Waals surface area contributed by atoms with E-state index in [0.29, 0.717) is 19.4 Å². The number of phosphoric acid groups is 1. The molecule has 0 spiro atoms. The van der Waals surface area contributed by atoms with E-state index in [9.17, 15) is 14.3 Å². The fourth-order valence-corrected chi connectivity index (χ4v) is 2.83. The molecule has 0 radical (unpaired) electrons. The molecule has 1 N–H and O–H groups in total. The molecule has 0 bridgehead atoms. The Morgan fingerprint density at radius 1 is 0.958 bits per heavy atom. The Morgan fingerprint density at radius 3 is 2.21 bits per heavy atom. The smallest absolute Gasteiger partial charge is 0.267 e. The quantitative estimate of drug-likeness (QED) is 0.312. The molecule has 1 atom stereocenters. The van der Waals surface area contributed by atoms with Crippen molar-refractivity contribution in [2.24, 2.45) is 0 Å². The first-order valence-corrected chi connectivity index (χ1v) is 10.8. The van der Waals surface area contributed by atoms with Crippen molar-refractivity contribution in [2.45, 2.75) is 84.0 Å². The summed E-state index contributed by atoms with van der Waals surface area (Å²) in [6.45, 7) is 3.05. The Hall–Kier alpha value is -0.420. The normalized spacial score (nSPS) is 13.6. The topological polar surface area (TPSA) is 87.7 Å². The van der Waals surface area contributed by atoms with Crippen LogP contribution in [0.3, 0.4) is 0 Å². The molecule has 1 unspecified atom stereocenters. The van der Waals surface area contributed by atoms with E-state index in [0.717, 1.165) is 39.2 Å². The molecule has 0 saturated heterocycles. The van der Waals surface area contributed by atoms with Crippen molar-refractivity contribution in [3.63, 3.8) is 0 Å². The summed E-state index contributed by atoms with van der Waals surface area (Å²) in [5, 5.41) is 2.93. The highest BCUT2D eigenvalue weighted by Crippen LogP contribution is 2.36. The molecule has 0 rings (SSSR count). The summed E-state index contributed by atoms with van der Waals surface area (Å²) in [4.78, 5) is 22.6. The van der Waals surface area contributed by atoms with Gasteiger partial charge in [0.05, 0.1) is 6.61 Å². The predicted molar refractivity (Wildman–Crippen MR) is 94.7 cm³/mol. The van der Waals surface area contributed by atoms with Gasteiger partial charge in [-0.1, -0.05) is 58.3 Å². The van der Waals surface area contributed by atoms with Gasteiger partial charge in [-0.15, -0.1) is 0 Å². The lowest BCUT2D eigenvalue weighted by Gasteiger charge is -2.19. The minimum atomic E-state index is -4.08. The molecule has 0 fully saturated rings. The highest BCUT2D eigenvalue weighted by molar-refractivity contribution is 7.45. The van der Waals surface area contributed by atoms with Crippen LogP contribution in [0.5, 0.6) is 0 Å². The zero-order chi connectivity index (χ0) is 18.1. The number of hydrogen-bond donors (Lipinski definition) is 1. The van der Waals surface area contributed by atoms with Gasteiger partial charge >= 0.3 is 0 Å². The van der Waals surface area contributed by atoms with E-state index in [2.05, 4.69) is 21.3 Å². The van der Waals surface area contributed by atoms with Crippen molar-refractivity contribution in [1.29, 1.82) is 0 Å². The molecule has 0 heterocycles. The molecule has 7 heteroatoms. The number of rotatable bonds is 17. The van der Waals surface area contributed by atoms with Crippen molar-refractivity contribution in [2.75, 3.05) is 20.3 Å². The maximum Gasteiger partial charge on any atom is 0.267 e. The lowest BCUT2D eigenvalue weighted by atomic mass is 10.1. The molecule has 0 aromatic rings. The van der Waals surface area contributed by atoms with Crippen molar-refractivity contribution < 1.29 is 23.3 Å². The molecule has 0 aliphatic heterocycles. The molecule has 0 aromatic carbocycles. The number of carbonyl (C=O) groups excluding carboxylic acids is 1. The molecule has 6 nitrogen and oxygen atoms in total. The summed E-state index contributed by atoms with van der Waals surface area (Å²) < 4.78 is 19.7. The van der Waals surface area contributed by atoms with Gasteiger partial charge in [-0.25, -0.2) is 0 Å². The lowest BCUT2D eigenvalue weighted by molar-refractivity contribution is -0.223. The van der Waals surface area contributed by atoms with E-state index < -0.39 is 7.82 Å². The maximum atomic E-state index is 11.6. The van der Waals surface area contributed by atoms with Crippen molar-refractivity contribution in [3.05, 3.63) is 0 Å². The second kappa shape index (κ2) is 16.1. The van der Waals surface area contributed by atoms with Crippen LogP contribution in [-0.2, 0) is 18.4 Å². The Bertz CT molecular complexity index is 352. The van der Waals surface area contributed by atoms with Crippen molar-refractivity contribution >= 4 is 13.7 Å². The van der Waals surface area contributed by atoms with Gasteiger partial charge in [0, 0.05) is 20.1 Å². The third-order valence-electron chi connectivity index (χ3n) is 3.87. The SMILES string of the molecule is CCCCCCCCCC(=O)NCCCCCCOP(=O)([O-])OC. The number of carbonyl (C=O) groups is 1. The van der Waals surface area contributed by atoms with Crippen LogP contribution in [0.4, 0.5) is 0 Å². The number of nitrogens with one attached hydrogen (secondary N) is 1. The Morgan fingerprint density at radius 2 is 1.54 bits per heavy atom. The largest absolute Gasteiger partial charge is 0.756 e. The number of hydrogen-bond acceptors (Lipinski definition) is 5. The summed E-state index contributed by atoms with van der Waals surface area (Å²) >= 11 is 0. The summed E-state index contributed by atoms with van der Waals surface area (Å²) in [6, 6.07) is 0. The Labute approximate surface area is 147 Å². The van der Waals surface area contributed by atoms with E-state index in [4.69, 9.17) is 0 Å². The van der Waals surface area contributed by atoms with Crippen LogP contribution in [0.2, 0.25) is 0 Å². The van der Waals surface area contributed by atoms with Gasteiger partial charge in [-0.05, 0) is 19.3 Å². The molecule has 0 saturated carbocycles. The summed E-state index contributed by atoms with van der Waals surface area (Å²) in [6.07, 6.45) is 12.5. The Kier molecular flexibility index (Phi) is 15.8. The van der Waals surface area contributed by atoms with Crippen LogP contribution >= 0.6 is 7.82 Å². The molecular formula is C17H35NO5P-. The number of phosphoric ester groups is 1. The van der Waals surface area contributed by atoms with Crippen LogP contribution < -0.4 is 10.2 Å². The van der Waals surface area contributed by atoms with Crippen molar-refractivity contribution in [3.8, 4) is 0 Å². The molecule has 0 aliphatic rings. The zero-order valence-electron chi connectivity index (χ0n) is 15.4. The minimum Gasteiger partial charge on any atom is -0.756 e. The zero-order valence-corrected chi connectivity index (χ0v) is 16.3. The van der Waals surface area contributed by atoms with E-state index in [1.54, 1.807) is 0 Å². The average Bonchev–Trinajstić information content (AvgIpc) is 2.56. The van der Waals surface area contributed by atoms with Gasteiger partial charge in [-0.2, -0.15) is 0 Å². The van der Waals surface area contributed by atoms with Crippen LogP contribution in [0.25, 0.3) is 0 Å². The molecule has 0 aliphatic carbocycles. The standard InChI is InChI=1S/C17H36NO5P/c1-3-4-5-6-7-8-11-14-17(19)18-15-12-9-10-13-16-23-24(20,21)22-2/h3-16H2,1-2H3,(H,18,19)(H,20,21)/p-1. The Balaban J connectivity index is 3.27. The highest BCUT2D eigenvalue weighted by Gasteiger charge is 2.05. The van der Waals surface area contributed by atoms with Gasteiger partial charge in [0.25, 0.3) is 7.82 Å². The average molecular weight is 364 g/mol. The highest BCUT2D eigenvalue weighted by atomic mass is 31.2. The van der Waals surface area contributed by atoms with E-state index in [1.807, 2.05) is 0 Å². The van der Waals surface area contributed by atoms with Crippen molar-refractivity contribution in [1.82, 2.24) is 5.32 Å². The molecule has 0 aromatic heterocycles. The summed E-state index contributed by atoms with van der Waals surface area (Å²) in [5.41, 5.74) is 0. The van der Waals surface area contributed by atoms with E-state index >= 15 is 0 Å². The lowest BCUT2D eigenvalue weighted by Crippen LogP contribution is -2.23. The first-order valence-electron chi connectivity index (χ1n) is 9.30. The maximum absolute atomic E-state index is 11.6. The van der Waals surface area contributed by atoms with Gasteiger partial charge in [0.15, 0.2) is 0 Å². The first kappa shape index (κ1) is 23.6. The summed E-state index contributed by atoms with van der Waals surface area (Å²) in [7, 11) is -2.99. The predicted octanol–water partition coefficient (Wildman–Crippen LogP) is 3.94. The summed E-state index contributed by atoms with van der Waals surface area (Å²) in [5.74, 6) is 0.138. The second-order valence-corrected chi connectivity index (χ2v) is 7.62. The van der Waals surface area contributed by atoms with Crippen LogP contribution in [0.1, 0.15) is 84.0 Å². The molecule has 1 amide bonds. The molecular weight excluding hydrogens is 329 g/mol. The minimum absolute atomic E-state index is 0.138. The van der Waals surface area contributed by atoms with E-state index in [-0.39, 0.29) is 12.5 Å². The fourth-order valence-electron chi connectivity index (χ4n) is 2.37. The fraction of sp³-hybridized carbons (Fsp3) is 0.941. The van der Waals surface area contributed by atoms with Gasteiger partial charge in [0.1, 0.15) is 0 Å². The number of unbranched alkanes of at least 4 members (excludes halogenated alkanes) is 9. The van der Waals surface area contributed by atoms with Gasteiger partial charge in [-0.3, -0.25) is 9.36 Å². The van der Waals surface area contributed by atoms with Gasteiger partial charge in [0.2, 0.25) is 5.91 Å². The van der Waals surface area contributed by atoms with E-state index in [1.165, 1.54) is 32.1 Å². The first-order chi connectivity index (χ1) is 11.5. The monoisotopic (exact) mass is 364 g/mol. The third kappa shape index (κ3) is 16.4. The van der Waals surface area contributed by atoms with Crippen LogP contribution in [-0.4, -0.2) is 26.2 Å². The molecule has 24 heavy (non-hydrogen) atoms. The third-order valence-corrected chi connectivity index (χ3v) is 4.82. The van der Waals surface area contributed by atoms with Gasteiger partial charge < -0.3 is 19.3 Å². The van der Waals surface area contributed by atoms with Crippen LogP contribution in [0, 0.1) is 0 Å².